The third-order valence-corrected chi connectivity index (χ3v) is 4.44. The summed E-state index contributed by atoms with van der Waals surface area (Å²) in [6.07, 6.45) is 6.14. The number of rotatable bonds is 2. The number of ether oxygens (including phenoxy) is 1. The van der Waals surface area contributed by atoms with Crippen LogP contribution in [0.4, 0.5) is 0 Å². The molecule has 0 saturated heterocycles. The van der Waals surface area contributed by atoms with Crippen molar-refractivity contribution in [1.29, 1.82) is 0 Å². The van der Waals surface area contributed by atoms with Gasteiger partial charge in [-0.3, -0.25) is 0 Å². The number of thioether (sulfide) groups is 1. The van der Waals surface area contributed by atoms with Crippen LogP contribution in [-0.2, 0) is 4.74 Å². The molecular weight excluding hydrogens is 224 g/mol. The Labute approximate surface area is 103 Å². The van der Waals surface area contributed by atoms with Gasteiger partial charge in [-0.25, -0.2) is 0 Å². The molecule has 1 saturated carbocycles. The molecule has 1 fully saturated rings. The summed E-state index contributed by atoms with van der Waals surface area (Å²) in [5.74, 6) is 2.13. The molecule has 0 bridgehead atoms. The van der Waals surface area contributed by atoms with Crippen molar-refractivity contribution in [3.05, 3.63) is 0 Å². The third-order valence-electron chi connectivity index (χ3n) is 3.42. The maximum absolute atomic E-state index is 5.88. The Kier molecular flexibility index (Phi) is 5.41. The Balaban J connectivity index is 2.62. The summed E-state index contributed by atoms with van der Waals surface area (Å²) in [7, 11) is 0. The molecule has 0 heterocycles. The maximum Gasteiger partial charge on any atom is 0.219 e. The van der Waals surface area contributed by atoms with Crippen molar-refractivity contribution in [2.75, 3.05) is 6.26 Å². The predicted molar refractivity (Wildman–Crippen MR) is 72.3 cm³/mol. The summed E-state index contributed by atoms with van der Waals surface area (Å²) in [6, 6.07) is 0. The highest BCUT2D eigenvalue weighted by atomic mass is 32.2. The topological polar surface area (TPSA) is 9.23 Å². The molecule has 0 radical (unpaired) electrons. The molecule has 1 aliphatic rings. The molecule has 0 aromatic heterocycles. The Morgan fingerprint density at radius 3 is 2.60 bits per heavy atom. The largest absolute Gasteiger partial charge is 0.475 e. The van der Waals surface area contributed by atoms with Crippen LogP contribution in [0.2, 0.25) is 0 Å². The fourth-order valence-corrected chi connectivity index (χ4v) is 3.13. The Hall–Kier alpha value is 0.240. The van der Waals surface area contributed by atoms with Gasteiger partial charge in [0.25, 0.3) is 0 Å². The van der Waals surface area contributed by atoms with E-state index in [0.29, 0.717) is 22.3 Å². The van der Waals surface area contributed by atoms with Crippen LogP contribution < -0.4 is 0 Å². The van der Waals surface area contributed by atoms with Crippen molar-refractivity contribution in [3.63, 3.8) is 0 Å². The van der Waals surface area contributed by atoms with E-state index in [-0.39, 0.29) is 0 Å². The SMILES string of the molecule is CSC(=S)OC1CCCC(C)C1C(C)C. The minimum atomic E-state index is 0.355. The first kappa shape index (κ1) is 13.3. The van der Waals surface area contributed by atoms with Gasteiger partial charge in [0.2, 0.25) is 4.38 Å². The van der Waals surface area contributed by atoms with Gasteiger partial charge >= 0.3 is 0 Å². The van der Waals surface area contributed by atoms with E-state index < -0.39 is 0 Å². The van der Waals surface area contributed by atoms with Crippen molar-refractivity contribution >= 4 is 28.4 Å². The standard InChI is InChI=1S/C12H22OS2/c1-8(2)11-9(3)6-5-7-10(11)13-12(14)15-4/h8-11H,5-7H2,1-4H3. The molecule has 88 valence electrons. The smallest absolute Gasteiger partial charge is 0.219 e. The zero-order chi connectivity index (χ0) is 11.4. The first-order chi connectivity index (χ1) is 7.06. The molecule has 15 heavy (non-hydrogen) atoms. The molecule has 1 nitrogen and oxygen atoms in total. The molecule has 0 aromatic carbocycles. The molecule has 0 N–H and O–H groups in total. The summed E-state index contributed by atoms with van der Waals surface area (Å²) >= 11 is 6.70. The summed E-state index contributed by atoms with van der Waals surface area (Å²) in [4.78, 5) is 0. The van der Waals surface area contributed by atoms with Crippen LogP contribution in [0.3, 0.4) is 0 Å². The van der Waals surface area contributed by atoms with Gasteiger partial charge < -0.3 is 4.74 Å². The van der Waals surface area contributed by atoms with Gasteiger partial charge in [-0.2, -0.15) is 0 Å². The summed E-state index contributed by atoms with van der Waals surface area (Å²) in [6.45, 7) is 6.94. The lowest BCUT2D eigenvalue weighted by molar-refractivity contribution is 0.0281. The highest BCUT2D eigenvalue weighted by Gasteiger charge is 2.34. The zero-order valence-electron chi connectivity index (χ0n) is 10.2. The molecule has 0 aliphatic heterocycles. The van der Waals surface area contributed by atoms with Gasteiger partial charge in [0, 0.05) is 5.92 Å². The minimum Gasteiger partial charge on any atom is -0.475 e. The van der Waals surface area contributed by atoms with E-state index in [1.54, 1.807) is 11.8 Å². The number of hydrogen-bond acceptors (Lipinski definition) is 3. The van der Waals surface area contributed by atoms with Crippen molar-refractivity contribution < 1.29 is 4.74 Å². The lowest BCUT2D eigenvalue weighted by Gasteiger charge is -2.38. The van der Waals surface area contributed by atoms with E-state index in [1.165, 1.54) is 19.3 Å². The fourth-order valence-electron chi connectivity index (χ4n) is 2.79. The van der Waals surface area contributed by atoms with Gasteiger partial charge in [0.15, 0.2) is 0 Å². The average Bonchev–Trinajstić information content (AvgIpc) is 2.17. The van der Waals surface area contributed by atoms with E-state index in [4.69, 9.17) is 17.0 Å². The molecule has 0 spiro atoms. The van der Waals surface area contributed by atoms with Crippen molar-refractivity contribution in [3.8, 4) is 0 Å². The lowest BCUT2D eigenvalue weighted by Crippen LogP contribution is -2.37. The quantitative estimate of drug-likeness (QED) is 0.679. The molecule has 3 heteroatoms. The van der Waals surface area contributed by atoms with E-state index in [9.17, 15) is 0 Å². The maximum atomic E-state index is 5.88. The summed E-state index contributed by atoms with van der Waals surface area (Å²) < 4.78 is 6.59. The normalized spacial score (nSPS) is 31.7. The van der Waals surface area contributed by atoms with Crippen molar-refractivity contribution in [1.82, 2.24) is 0 Å². The van der Waals surface area contributed by atoms with Crippen LogP contribution >= 0.6 is 24.0 Å². The molecule has 0 aromatic rings. The van der Waals surface area contributed by atoms with E-state index in [1.807, 2.05) is 6.26 Å². The Morgan fingerprint density at radius 2 is 2.07 bits per heavy atom. The predicted octanol–water partition coefficient (Wildman–Crippen LogP) is 4.11. The fraction of sp³-hybridized carbons (Fsp3) is 0.917. The first-order valence-electron chi connectivity index (χ1n) is 5.80. The second-order valence-corrected chi connectivity index (χ2v) is 6.25. The second kappa shape index (κ2) is 6.09. The molecule has 3 atom stereocenters. The Morgan fingerprint density at radius 1 is 1.40 bits per heavy atom. The molecule has 1 aliphatic carbocycles. The van der Waals surface area contributed by atoms with Crippen molar-refractivity contribution in [2.45, 2.75) is 46.1 Å². The third kappa shape index (κ3) is 3.63. The van der Waals surface area contributed by atoms with E-state index >= 15 is 0 Å². The Bertz CT molecular complexity index is 216. The highest BCUT2D eigenvalue weighted by molar-refractivity contribution is 8.22. The first-order valence-corrected chi connectivity index (χ1v) is 7.44. The van der Waals surface area contributed by atoms with Gasteiger partial charge in [-0.15, -0.1) is 0 Å². The van der Waals surface area contributed by atoms with Gasteiger partial charge in [0.05, 0.1) is 0 Å². The highest BCUT2D eigenvalue weighted by Crippen LogP contribution is 2.37. The van der Waals surface area contributed by atoms with Crippen LogP contribution in [0.5, 0.6) is 0 Å². The van der Waals surface area contributed by atoms with Crippen LogP contribution in [0.15, 0.2) is 0 Å². The number of thiocarbonyl (C=S) groups is 1. The lowest BCUT2D eigenvalue weighted by atomic mass is 9.72. The minimum absolute atomic E-state index is 0.355. The summed E-state index contributed by atoms with van der Waals surface area (Å²) in [5, 5.41) is 0. The van der Waals surface area contributed by atoms with Gasteiger partial charge in [-0.1, -0.05) is 39.0 Å². The molecule has 1 rings (SSSR count). The monoisotopic (exact) mass is 246 g/mol. The van der Waals surface area contributed by atoms with E-state index in [0.717, 1.165) is 5.92 Å². The van der Waals surface area contributed by atoms with Crippen LogP contribution in [0, 0.1) is 17.8 Å². The molecule has 0 amide bonds. The van der Waals surface area contributed by atoms with E-state index in [2.05, 4.69) is 20.8 Å². The molecular formula is C12H22OS2. The van der Waals surface area contributed by atoms with Gasteiger partial charge in [-0.05, 0) is 43.2 Å². The van der Waals surface area contributed by atoms with Crippen LogP contribution in [0.1, 0.15) is 40.0 Å². The summed E-state index contributed by atoms with van der Waals surface area (Å²) in [5.41, 5.74) is 0. The molecule has 3 unspecified atom stereocenters. The van der Waals surface area contributed by atoms with Crippen LogP contribution in [0.25, 0.3) is 0 Å². The average molecular weight is 246 g/mol. The van der Waals surface area contributed by atoms with Gasteiger partial charge in [0.1, 0.15) is 6.10 Å². The second-order valence-electron chi connectivity index (χ2n) is 4.84. The van der Waals surface area contributed by atoms with Crippen molar-refractivity contribution in [2.24, 2.45) is 17.8 Å². The van der Waals surface area contributed by atoms with Crippen LogP contribution in [-0.4, -0.2) is 16.7 Å². The zero-order valence-corrected chi connectivity index (χ0v) is 11.8. The number of hydrogen-bond donors (Lipinski definition) is 0.